The molecule has 0 aromatic carbocycles. The van der Waals surface area contributed by atoms with E-state index in [9.17, 15) is 0 Å². The van der Waals surface area contributed by atoms with Crippen LogP contribution < -0.4 is 0 Å². The van der Waals surface area contributed by atoms with Gasteiger partial charge in [0.1, 0.15) is 0 Å². The van der Waals surface area contributed by atoms with Crippen LogP contribution in [0.1, 0.15) is 6.42 Å². The van der Waals surface area contributed by atoms with Gasteiger partial charge in [-0.25, -0.2) is 0 Å². The molecule has 0 aromatic heterocycles. The summed E-state index contributed by atoms with van der Waals surface area (Å²) < 4.78 is 1.70. The van der Waals surface area contributed by atoms with Gasteiger partial charge < -0.3 is 0 Å². The topological polar surface area (TPSA) is 0 Å². The molecule has 4 heteroatoms. The summed E-state index contributed by atoms with van der Waals surface area (Å²) in [4.78, 5) is 1.26. The van der Waals surface area contributed by atoms with Crippen molar-refractivity contribution in [1.29, 1.82) is 0 Å². The SMILES string of the molecule is S=CSC1=CCC(SCS)C=C1. The summed E-state index contributed by atoms with van der Waals surface area (Å²) in [6.07, 6.45) is 7.70. The summed E-state index contributed by atoms with van der Waals surface area (Å²) in [6, 6.07) is 0. The molecule has 1 aliphatic carbocycles. The summed E-state index contributed by atoms with van der Waals surface area (Å²) >= 11 is 12.4. The first-order valence-electron chi connectivity index (χ1n) is 3.58. The zero-order valence-electron chi connectivity index (χ0n) is 6.47. The predicted molar refractivity (Wildman–Crippen MR) is 68.3 cm³/mol. The normalized spacial score (nSPS) is 22.1. The average molecular weight is 234 g/mol. The molecule has 0 bridgehead atoms. The standard InChI is InChI=1S/C8H10S4/c9-5-11-7-1-2-8(4-3-7)12-6-10/h1-3,5,8,10H,4,6H2. The fraction of sp³-hybridized carbons (Fsp3) is 0.375. The van der Waals surface area contributed by atoms with E-state index in [1.807, 2.05) is 11.8 Å². The third kappa shape index (κ3) is 3.56. The molecule has 1 rings (SSSR count). The van der Waals surface area contributed by atoms with Crippen molar-refractivity contribution >= 4 is 53.1 Å². The lowest BCUT2D eigenvalue weighted by Crippen LogP contribution is -2.00. The largest absolute Gasteiger partial charge is 0.168 e. The molecular formula is C8H10S4. The lowest BCUT2D eigenvalue weighted by molar-refractivity contribution is 1.06. The molecule has 1 unspecified atom stereocenters. The van der Waals surface area contributed by atoms with Gasteiger partial charge in [0.05, 0.1) is 0 Å². The summed E-state index contributed by atoms with van der Waals surface area (Å²) in [7, 11) is 0. The second-order valence-corrected chi connectivity index (χ2v) is 5.70. The molecule has 0 aromatic rings. The van der Waals surface area contributed by atoms with Gasteiger partial charge in [0, 0.05) is 19.9 Å². The highest BCUT2D eigenvalue weighted by Crippen LogP contribution is 2.26. The molecule has 0 saturated heterocycles. The van der Waals surface area contributed by atoms with Crippen LogP contribution in [0.5, 0.6) is 0 Å². The van der Waals surface area contributed by atoms with Crippen molar-refractivity contribution < 1.29 is 0 Å². The highest BCUT2D eigenvalue weighted by Gasteiger charge is 2.07. The number of hydrogen-bond acceptors (Lipinski definition) is 4. The van der Waals surface area contributed by atoms with Gasteiger partial charge in [0.2, 0.25) is 0 Å². The van der Waals surface area contributed by atoms with Crippen LogP contribution in [0.4, 0.5) is 0 Å². The Kier molecular flexibility index (Phi) is 5.47. The summed E-state index contributed by atoms with van der Waals surface area (Å²) in [6.45, 7) is 0. The van der Waals surface area contributed by atoms with Crippen LogP contribution in [0.25, 0.3) is 0 Å². The quantitative estimate of drug-likeness (QED) is 0.449. The summed E-state index contributed by atoms with van der Waals surface area (Å²) in [5.74, 6) is 0. The van der Waals surface area contributed by atoms with E-state index < -0.39 is 0 Å². The van der Waals surface area contributed by atoms with Gasteiger partial charge in [0.25, 0.3) is 0 Å². The average Bonchev–Trinajstić information content (AvgIpc) is 2.09. The minimum atomic E-state index is 0.608. The second kappa shape index (κ2) is 6.13. The van der Waals surface area contributed by atoms with E-state index in [0.717, 1.165) is 11.5 Å². The Hall–Kier alpha value is 0.620. The highest BCUT2D eigenvalue weighted by atomic mass is 32.2. The summed E-state index contributed by atoms with van der Waals surface area (Å²) in [5, 5.41) is 1.50. The molecule has 0 heterocycles. The fourth-order valence-corrected chi connectivity index (χ4v) is 2.93. The number of thioether (sulfide) groups is 2. The van der Waals surface area contributed by atoms with E-state index in [1.54, 1.807) is 16.5 Å². The van der Waals surface area contributed by atoms with Gasteiger partial charge in [-0.05, 0) is 6.42 Å². The smallest absolute Gasteiger partial charge is 0.0391 e. The maximum absolute atomic E-state index is 4.76. The van der Waals surface area contributed by atoms with E-state index in [4.69, 9.17) is 12.2 Å². The minimum Gasteiger partial charge on any atom is -0.168 e. The molecule has 1 aliphatic rings. The highest BCUT2D eigenvalue weighted by molar-refractivity contribution is 8.23. The Morgan fingerprint density at radius 3 is 3.08 bits per heavy atom. The Morgan fingerprint density at radius 1 is 1.75 bits per heavy atom. The first kappa shape index (κ1) is 10.7. The zero-order chi connectivity index (χ0) is 8.81. The molecule has 0 aliphatic heterocycles. The van der Waals surface area contributed by atoms with Gasteiger partial charge in [0.15, 0.2) is 0 Å². The van der Waals surface area contributed by atoms with Crippen LogP contribution in [-0.2, 0) is 0 Å². The van der Waals surface area contributed by atoms with Crippen LogP contribution in [0.15, 0.2) is 23.1 Å². The zero-order valence-corrected chi connectivity index (χ0v) is 9.82. The van der Waals surface area contributed by atoms with Crippen molar-refractivity contribution in [1.82, 2.24) is 0 Å². The molecule has 12 heavy (non-hydrogen) atoms. The first-order valence-corrected chi connectivity index (χ1v) is 6.61. The molecule has 0 radical (unpaired) electrons. The molecule has 0 amide bonds. The molecule has 0 nitrogen and oxygen atoms in total. The van der Waals surface area contributed by atoms with Gasteiger partial charge in [-0.15, -0.1) is 11.8 Å². The molecule has 66 valence electrons. The van der Waals surface area contributed by atoms with Crippen molar-refractivity contribution in [3.63, 3.8) is 0 Å². The van der Waals surface area contributed by atoms with Crippen molar-refractivity contribution in [3.8, 4) is 0 Å². The van der Waals surface area contributed by atoms with Crippen molar-refractivity contribution in [2.45, 2.75) is 11.7 Å². The molecule has 0 saturated carbocycles. The molecular weight excluding hydrogens is 224 g/mol. The van der Waals surface area contributed by atoms with Crippen molar-refractivity contribution in [2.75, 3.05) is 5.08 Å². The maximum Gasteiger partial charge on any atom is 0.0391 e. The van der Waals surface area contributed by atoms with Crippen molar-refractivity contribution in [3.05, 3.63) is 23.1 Å². The van der Waals surface area contributed by atoms with Crippen LogP contribution in [0.2, 0.25) is 0 Å². The fourth-order valence-electron chi connectivity index (χ4n) is 0.943. The monoisotopic (exact) mass is 234 g/mol. The molecule has 1 atom stereocenters. The number of hydrogen-bond donors (Lipinski definition) is 1. The van der Waals surface area contributed by atoms with Crippen LogP contribution in [0.3, 0.4) is 0 Å². The van der Waals surface area contributed by atoms with E-state index in [-0.39, 0.29) is 0 Å². The lowest BCUT2D eigenvalue weighted by atomic mass is 10.2. The van der Waals surface area contributed by atoms with E-state index >= 15 is 0 Å². The molecule has 0 spiro atoms. The third-order valence-corrected chi connectivity index (χ3v) is 3.83. The summed E-state index contributed by atoms with van der Waals surface area (Å²) in [5.41, 5.74) is 0. The van der Waals surface area contributed by atoms with E-state index in [1.165, 1.54) is 4.91 Å². The first-order chi connectivity index (χ1) is 5.86. The van der Waals surface area contributed by atoms with Gasteiger partial charge in [-0.3, -0.25) is 0 Å². The number of rotatable bonds is 4. The minimum absolute atomic E-state index is 0.608. The third-order valence-electron chi connectivity index (χ3n) is 1.50. The van der Waals surface area contributed by atoms with Gasteiger partial charge in [-0.2, -0.15) is 12.6 Å². The van der Waals surface area contributed by atoms with Gasteiger partial charge in [-0.1, -0.05) is 42.2 Å². The Bertz CT molecular complexity index is 207. The van der Waals surface area contributed by atoms with Crippen LogP contribution >= 0.6 is 48.4 Å². The van der Waals surface area contributed by atoms with Crippen LogP contribution in [-0.4, -0.2) is 15.0 Å². The Morgan fingerprint density at radius 2 is 2.58 bits per heavy atom. The van der Waals surface area contributed by atoms with E-state index in [2.05, 4.69) is 30.9 Å². The molecule has 0 N–H and O–H groups in total. The second-order valence-electron chi connectivity index (χ2n) is 2.25. The Balaban J connectivity index is 2.38. The molecule has 0 fully saturated rings. The Labute approximate surface area is 92.7 Å². The van der Waals surface area contributed by atoms with Crippen molar-refractivity contribution in [2.24, 2.45) is 0 Å². The lowest BCUT2D eigenvalue weighted by Gasteiger charge is -2.12. The van der Waals surface area contributed by atoms with Gasteiger partial charge >= 0.3 is 0 Å². The number of allylic oxidation sites excluding steroid dienone is 2. The predicted octanol–water partition coefficient (Wildman–Crippen LogP) is 3.51. The number of thiol groups is 1. The maximum atomic E-state index is 4.76. The van der Waals surface area contributed by atoms with E-state index in [0.29, 0.717) is 5.25 Å². The van der Waals surface area contributed by atoms with Crippen LogP contribution in [0, 0.1) is 0 Å². The number of thiocarbonyl (C=S) groups is 1.